The van der Waals surface area contributed by atoms with E-state index in [0.717, 1.165) is 9.48 Å². The first kappa shape index (κ1) is 50.2. The lowest BCUT2D eigenvalue weighted by Crippen LogP contribution is -2.61. The molecule has 2 heterocycles. The Morgan fingerprint density at radius 2 is 1.27 bits per heavy atom. The number of anilines is 1. The van der Waals surface area contributed by atoms with E-state index in [0.29, 0.717) is 48.1 Å². The number of para-hydroxylation sites is 1. The lowest BCUT2D eigenvalue weighted by atomic mass is 9.73. The van der Waals surface area contributed by atoms with Crippen molar-refractivity contribution in [3.8, 4) is 0 Å². The highest BCUT2D eigenvalue weighted by Crippen LogP contribution is 2.57. The zero-order valence-corrected chi connectivity index (χ0v) is 34.4. The van der Waals surface area contributed by atoms with Crippen molar-refractivity contribution in [1.82, 2.24) is 0 Å². The Morgan fingerprint density at radius 3 is 1.84 bits per heavy atom. The number of fused-ring (bicyclic) bond motifs is 2. The summed E-state index contributed by atoms with van der Waals surface area (Å²) in [6.07, 6.45) is -6.28. The summed E-state index contributed by atoms with van der Waals surface area (Å²) in [5.74, 6) is -39.8. The van der Waals surface area contributed by atoms with Crippen molar-refractivity contribution in [3.63, 3.8) is 0 Å². The third-order valence-corrected chi connectivity index (χ3v) is 12.6. The van der Waals surface area contributed by atoms with Gasteiger partial charge in [-0.25, -0.2) is 0 Å². The van der Waals surface area contributed by atoms with Gasteiger partial charge in [-0.05, 0) is 68.4 Å². The summed E-state index contributed by atoms with van der Waals surface area (Å²) < 4.78 is 249. The van der Waals surface area contributed by atoms with E-state index in [-0.39, 0.29) is 22.1 Å². The maximum atomic E-state index is 14.8. The van der Waals surface area contributed by atoms with Crippen LogP contribution in [0.15, 0.2) is 94.4 Å². The first-order valence-electron chi connectivity index (χ1n) is 19.3. The van der Waals surface area contributed by atoms with E-state index in [4.69, 9.17) is 11.6 Å². The topological polar surface area (TPSA) is 6.25 Å². The fourth-order valence-electron chi connectivity index (χ4n) is 8.36. The Balaban J connectivity index is 1.50. The molecule has 0 aromatic heterocycles. The summed E-state index contributed by atoms with van der Waals surface area (Å²) in [5.41, 5.74) is 0.182. The second-order valence-corrected chi connectivity index (χ2v) is 17.2. The van der Waals surface area contributed by atoms with Crippen LogP contribution in [0.25, 0.3) is 0 Å². The van der Waals surface area contributed by atoms with Crippen LogP contribution < -0.4 is 4.90 Å². The summed E-state index contributed by atoms with van der Waals surface area (Å²) in [4.78, 5) is 1.10. The van der Waals surface area contributed by atoms with Gasteiger partial charge in [-0.2, -0.15) is 83.6 Å². The van der Waals surface area contributed by atoms with Gasteiger partial charge >= 0.3 is 47.9 Å². The van der Waals surface area contributed by atoms with E-state index < -0.39 is 90.6 Å². The standard InChI is InChI=1S/C42H40ClF18N2/c1-33(2)26-12-5-7-14-28(26)62(22-20-35(44,45)37(48,49)39(52,53)41(56,57)58)30(33)18-16-24-10-9-11-25(32(24)43)17-19-31-34(3,4)27-13-6-8-15-29(27)63(31)23-21-36(46,47)38(50,51)40(54,55)42(59,60)61/h5-8,12,14-19,27H,9-11,13,20-23H2,1-4H3/q+1. The van der Waals surface area contributed by atoms with Crippen molar-refractivity contribution in [2.24, 2.45) is 11.3 Å². The van der Waals surface area contributed by atoms with Gasteiger partial charge in [-0.15, -0.1) is 0 Å². The van der Waals surface area contributed by atoms with Crippen molar-refractivity contribution < 1.29 is 83.6 Å². The van der Waals surface area contributed by atoms with Gasteiger partial charge < -0.3 is 4.90 Å². The molecule has 2 aliphatic carbocycles. The second-order valence-electron chi connectivity index (χ2n) is 16.8. The number of allylic oxidation sites excluding steroid dienone is 12. The third kappa shape index (κ3) is 8.36. The van der Waals surface area contributed by atoms with Crippen LogP contribution in [0.4, 0.5) is 84.7 Å². The van der Waals surface area contributed by atoms with Gasteiger partial charge in [0.1, 0.15) is 0 Å². The summed E-state index contributed by atoms with van der Waals surface area (Å²) in [6.45, 7) is 4.41. The van der Waals surface area contributed by atoms with Crippen molar-refractivity contribution in [2.45, 2.75) is 120 Å². The predicted molar refractivity (Wildman–Crippen MR) is 199 cm³/mol. The van der Waals surface area contributed by atoms with E-state index in [9.17, 15) is 79.0 Å². The molecule has 0 radical (unpaired) electrons. The molecular weight excluding hydrogens is 910 g/mol. The fraction of sp³-hybridized carbons (Fsp3) is 0.548. The molecule has 21 heteroatoms. The van der Waals surface area contributed by atoms with Crippen molar-refractivity contribution in [2.75, 3.05) is 18.0 Å². The highest BCUT2D eigenvalue weighted by atomic mass is 35.5. The molecule has 63 heavy (non-hydrogen) atoms. The van der Waals surface area contributed by atoms with Crippen molar-refractivity contribution in [3.05, 3.63) is 99.9 Å². The largest absolute Gasteiger partial charge is 0.460 e. The van der Waals surface area contributed by atoms with Gasteiger partial charge in [0.15, 0.2) is 18.0 Å². The van der Waals surface area contributed by atoms with E-state index in [1.165, 1.54) is 48.6 Å². The van der Waals surface area contributed by atoms with Gasteiger partial charge in [-0.3, -0.25) is 0 Å². The van der Waals surface area contributed by atoms with Gasteiger partial charge in [0, 0.05) is 46.9 Å². The van der Waals surface area contributed by atoms with Crippen LogP contribution in [0.5, 0.6) is 0 Å². The molecule has 2 aliphatic heterocycles. The van der Waals surface area contributed by atoms with Gasteiger partial charge in [0.25, 0.3) is 0 Å². The molecule has 0 bridgehead atoms. The van der Waals surface area contributed by atoms with Crippen LogP contribution in [-0.2, 0) is 5.41 Å². The molecule has 1 aromatic carbocycles. The first-order valence-corrected chi connectivity index (χ1v) is 19.7. The van der Waals surface area contributed by atoms with Crippen LogP contribution in [0.1, 0.15) is 71.8 Å². The lowest BCUT2D eigenvalue weighted by molar-refractivity contribution is -0.486. The summed E-state index contributed by atoms with van der Waals surface area (Å²) in [7, 11) is 0. The number of hydrogen-bond donors (Lipinski definition) is 0. The Hall–Kier alpha value is -3.84. The van der Waals surface area contributed by atoms with Crippen LogP contribution in [0.3, 0.4) is 0 Å². The smallest absolute Gasteiger partial charge is 0.344 e. The summed E-state index contributed by atoms with van der Waals surface area (Å²) in [6, 6.07) is 6.04. The van der Waals surface area contributed by atoms with Gasteiger partial charge in [-0.1, -0.05) is 68.0 Å². The number of alkyl halides is 18. The average molecular weight is 950 g/mol. The second kappa shape index (κ2) is 16.2. The van der Waals surface area contributed by atoms with E-state index in [2.05, 4.69) is 0 Å². The highest BCUT2D eigenvalue weighted by molar-refractivity contribution is 6.32. The zero-order chi connectivity index (χ0) is 47.8. The van der Waals surface area contributed by atoms with Crippen LogP contribution >= 0.6 is 11.6 Å². The molecule has 0 saturated heterocycles. The van der Waals surface area contributed by atoms with Crippen LogP contribution in [-0.4, -0.2) is 71.3 Å². The number of benzene rings is 1. The molecular formula is C42H40ClF18N2+. The minimum atomic E-state index is -7.06. The predicted octanol–water partition coefficient (Wildman–Crippen LogP) is 14.5. The molecule has 2 nitrogen and oxygen atoms in total. The Morgan fingerprint density at radius 1 is 0.714 bits per heavy atom. The Bertz CT molecular complexity index is 2160. The third-order valence-electron chi connectivity index (χ3n) is 12.1. The number of halogens is 19. The maximum absolute atomic E-state index is 14.8. The molecule has 0 amide bonds. The zero-order valence-electron chi connectivity index (χ0n) is 33.7. The first-order chi connectivity index (χ1) is 28.5. The minimum Gasteiger partial charge on any atom is -0.344 e. The van der Waals surface area contributed by atoms with Crippen molar-refractivity contribution >= 4 is 23.0 Å². The normalized spacial score (nSPS) is 22.8. The average Bonchev–Trinajstić information content (AvgIpc) is 3.52. The quantitative estimate of drug-likeness (QED) is 0.141. The molecule has 4 aliphatic rings. The number of hydrogen-bond acceptors (Lipinski definition) is 1. The van der Waals surface area contributed by atoms with Crippen LogP contribution in [0.2, 0.25) is 0 Å². The molecule has 0 fully saturated rings. The summed E-state index contributed by atoms with van der Waals surface area (Å²) >= 11 is 6.83. The molecule has 350 valence electrons. The molecule has 0 saturated carbocycles. The molecule has 0 N–H and O–H groups in total. The van der Waals surface area contributed by atoms with Gasteiger partial charge in [0.05, 0.1) is 17.8 Å². The lowest BCUT2D eigenvalue weighted by Gasteiger charge is -2.35. The number of nitrogens with zero attached hydrogens (tertiary/aromatic N) is 2. The molecule has 1 unspecified atom stereocenters. The minimum absolute atomic E-state index is 0.122. The molecule has 1 aromatic rings. The van der Waals surface area contributed by atoms with E-state index in [1.54, 1.807) is 45.9 Å². The monoisotopic (exact) mass is 949 g/mol. The SMILES string of the molecule is CC1(C)/C(=C\C=C2/CCCC(/C=C/C3=[N+](CCC(F)(F)C(F)(F)C(F)(F)C(F)(F)F)C4=CC=CCC4C3(C)C)=C2Cl)N(CCC(F)(F)C(F)(F)C(F)(F)C(F)(F)F)c2ccccc21. The summed E-state index contributed by atoms with van der Waals surface area (Å²) in [5, 5.41) is 0.122. The highest BCUT2D eigenvalue weighted by Gasteiger charge is 2.82. The fourth-order valence-corrected chi connectivity index (χ4v) is 8.68. The molecule has 0 spiro atoms. The van der Waals surface area contributed by atoms with E-state index in [1.807, 2.05) is 0 Å². The maximum Gasteiger partial charge on any atom is 0.460 e. The molecule has 1 atom stereocenters. The Labute approximate surface area is 355 Å². The number of rotatable bonds is 13. The van der Waals surface area contributed by atoms with E-state index >= 15 is 0 Å². The Kier molecular flexibility index (Phi) is 12.9. The van der Waals surface area contributed by atoms with Crippen molar-refractivity contribution in [1.29, 1.82) is 0 Å². The molecule has 5 rings (SSSR count). The van der Waals surface area contributed by atoms with Gasteiger partial charge in [0.2, 0.25) is 0 Å². The van der Waals surface area contributed by atoms with Crippen LogP contribution in [0, 0.1) is 11.3 Å².